The number of thiazole rings is 1. The topological polar surface area (TPSA) is 62.3 Å². The van der Waals surface area contributed by atoms with Crippen LogP contribution in [0, 0.1) is 0 Å². The molecule has 1 saturated heterocycles. The first-order valence-electron chi connectivity index (χ1n) is 10.7. The largest absolute Gasteiger partial charge is 0.341 e. The highest BCUT2D eigenvalue weighted by Gasteiger charge is 2.30. The van der Waals surface area contributed by atoms with Gasteiger partial charge in [0.05, 0.1) is 15.2 Å². The van der Waals surface area contributed by atoms with E-state index in [-0.39, 0.29) is 11.8 Å². The van der Waals surface area contributed by atoms with Crippen molar-refractivity contribution < 1.29 is 9.59 Å². The quantitative estimate of drug-likeness (QED) is 0.497. The molecule has 3 aromatic rings. The number of hydrogen-bond donors (Lipinski definition) is 1. The molecule has 4 rings (SSSR count). The normalized spacial score (nSPS) is 15.6. The van der Waals surface area contributed by atoms with Crippen LogP contribution in [0.25, 0.3) is 10.2 Å². The number of piperidine rings is 1. The Hall–Kier alpha value is -2.09. The molecular formula is C24H26ClN3O2S2. The molecule has 1 aliphatic heterocycles. The van der Waals surface area contributed by atoms with E-state index in [2.05, 4.69) is 5.32 Å². The molecule has 168 valence electrons. The molecule has 0 aliphatic carbocycles. The van der Waals surface area contributed by atoms with Crippen molar-refractivity contribution >= 4 is 56.7 Å². The molecule has 1 fully saturated rings. The van der Waals surface area contributed by atoms with Crippen molar-refractivity contribution in [3.8, 4) is 0 Å². The summed E-state index contributed by atoms with van der Waals surface area (Å²) < 4.78 is 1.14. The molecule has 1 aliphatic rings. The van der Waals surface area contributed by atoms with Gasteiger partial charge in [0.1, 0.15) is 6.04 Å². The van der Waals surface area contributed by atoms with Crippen molar-refractivity contribution in [1.29, 1.82) is 0 Å². The van der Waals surface area contributed by atoms with E-state index in [4.69, 9.17) is 16.6 Å². The number of benzene rings is 2. The molecule has 1 atom stereocenters. The summed E-state index contributed by atoms with van der Waals surface area (Å²) in [7, 11) is 0. The van der Waals surface area contributed by atoms with Crippen LogP contribution in [-0.2, 0) is 4.79 Å². The number of nitrogens with zero attached hydrogens (tertiary/aromatic N) is 2. The van der Waals surface area contributed by atoms with Crippen LogP contribution in [0.1, 0.15) is 40.5 Å². The number of halogens is 1. The Kier molecular flexibility index (Phi) is 7.71. The van der Waals surface area contributed by atoms with Gasteiger partial charge in [0, 0.05) is 29.6 Å². The van der Waals surface area contributed by atoms with Crippen molar-refractivity contribution in [3.63, 3.8) is 0 Å². The Labute approximate surface area is 201 Å². The molecule has 2 amide bonds. The molecule has 2 heterocycles. The first-order chi connectivity index (χ1) is 15.5. The molecular weight excluding hydrogens is 462 g/mol. The third-order valence-electron chi connectivity index (χ3n) is 5.77. The van der Waals surface area contributed by atoms with E-state index in [1.54, 1.807) is 35.2 Å². The van der Waals surface area contributed by atoms with Crippen LogP contribution in [0.15, 0.2) is 48.5 Å². The molecule has 0 saturated carbocycles. The lowest BCUT2D eigenvalue weighted by atomic mass is 9.96. The van der Waals surface area contributed by atoms with E-state index >= 15 is 0 Å². The molecule has 1 N–H and O–H groups in total. The van der Waals surface area contributed by atoms with E-state index < -0.39 is 6.04 Å². The summed E-state index contributed by atoms with van der Waals surface area (Å²) in [6.07, 6.45) is 4.39. The number of thioether (sulfide) groups is 1. The second-order valence-corrected chi connectivity index (χ2v) is 10.4. The van der Waals surface area contributed by atoms with Gasteiger partial charge in [0.25, 0.3) is 5.91 Å². The van der Waals surface area contributed by atoms with E-state index in [0.29, 0.717) is 36.0 Å². The molecule has 5 nitrogen and oxygen atoms in total. The van der Waals surface area contributed by atoms with Gasteiger partial charge in [-0.15, -0.1) is 11.3 Å². The fourth-order valence-electron chi connectivity index (χ4n) is 3.98. The van der Waals surface area contributed by atoms with E-state index in [1.807, 2.05) is 47.6 Å². The molecule has 0 unspecified atom stereocenters. The second kappa shape index (κ2) is 10.7. The second-order valence-electron chi connectivity index (χ2n) is 7.94. The van der Waals surface area contributed by atoms with Crippen LogP contribution in [-0.4, -0.2) is 52.8 Å². The summed E-state index contributed by atoms with van der Waals surface area (Å²) in [4.78, 5) is 32.6. The zero-order valence-electron chi connectivity index (χ0n) is 17.9. The smallest absolute Gasteiger partial charge is 0.251 e. The molecule has 2 aromatic carbocycles. The van der Waals surface area contributed by atoms with Gasteiger partial charge >= 0.3 is 0 Å². The third-order valence-corrected chi connectivity index (χ3v) is 7.85. The van der Waals surface area contributed by atoms with E-state index in [1.165, 1.54) is 0 Å². The number of fused-ring (bicyclic) bond motifs is 1. The molecule has 32 heavy (non-hydrogen) atoms. The van der Waals surface area contributed by atoms with Gasteiger partial charge in [-0.25, -0.2) is 4.98 Å². The van der Waals surface area contributed by atoms with E-state index in [0.717, 1.165) is 33.8 Å². The number of rotatable bonds is 7. The van der Waals surface area contributed by atoms with Crippen molar-refractivity contribution in [1.82, 2.24) is 15.2 Å². The molecule has 1 aromatic heterocycles. The number of carbonyl (C=O) groups is 2. The summed E-state index contributed by atoms with van der Waals surface area (Å²) in [5.74, 6) is 0.973. The van der Waals surface area contributed by atoms with Crippen LogP contribution >= 0.6 is 34.7 Å². The van der Waals surface area contributed by atoms with Gasteiger partial charge in [-0.2, -0.15) is 11.8 Å². The first kappa shape index (κ1) is 23.1. The van der Waals surface area contributed by atoms with Crippen molar-refractivity contribution in [2.24, 2.45) is 0 Å². The summed E-state index contributed by atoms with van der Waals surface area (Å²) in [6.45, 7) is 1.36. The number of hydrogen-bond acceptors (Lipinski definition) is 5. The highest BCUT2D eigenvalue weighted by Crippen LogP contribution is 2.34. The molecule has 8 heteroatoms. The minimum Gasteiger partial charge on any atom is -0.341 e. The lowest BCUT2D eigenvalue weighted by Gasteiger charge is -2.33. The van der Waals surface area contributed by atoms with Gasteiger partial charge in [-0.05, 0) is 61.6 Å². The Bertz CT molecular complexity index is 1080. The van der Waals surface area contributed by atoms with Crippen LogP contribution in [0.4, 0.5) is 0 Å². The highest BCUT2D eigenvalue weighted by atomic mass is 35.5. The zero-order valence-corrected chi connectivity index (χ0v) is 20.3. The Morgan fingerprint density at radius 1 is 1.22 bits per heavy atom. The minimum absolute atomic E-state index is 0.0119. The predicted molar refractivity (Wildman–Crippen MR) is 134 cm³/mol. The fourth-order valence-corrected chi connectivity index (χ4v) is 5.74. The third kappa shape index (κ3) is 5.45. The van der Waals surface area contributed by atoms with Crippen molar-refractivity contribution in [2.75, 3.05) is 25.1 Å². The number of amides is 2. The van der Waals surface area contributed by atoms with Gasteiger partial charge < -0.3 is 10.2 Å². The molecule has 0 bridgehead atoms. The average Bonchev–Trinajstić information content (AvgIpc) is 3.25. The van der Waals surface area contributed by atoms with Gasteiger partial charge in [-0.1, -0.05) is 29.8 Å². The summed E-state index contributed by atoms with van der Waals surface area (Å²) >= 11 is 9.49. The summed E-state index contributed by atoms with van der Waals surface area (Å²) in [5.41, 5.74) is 1.51. The van der Waals surface area contributed by atoms with Gasteiger partial charge in [-0.3, -0.25) is 9.59 Å². The Morgan fingerprint density at radius 3 is 2.69 bits per heavy atom. The lowest BCUT2D eigenvalue weighted by Crippen LogP contribution is -2.50. The van der Waals surface area contributed by atoms with Gasteiger partial charge in [0.15, 0.2) is 0 Å². The highest BCUT2D eigenvalue weighted by molar-refractivity contribution is 7.98. The van der Waals surface area contributed by atoms with Crippen LogP contribution in [0.5, 0.6) is 0 Å². The maximum Gasteiger partial charge on any atom is 0.251 e. The number of nitrogens with one attached hydrogen (secondary N) is 1. The summed E-state index contributed by atoms with van der Waals surface area (Å²) in [5, 5.41) is 4.78. The van der Waals surface area contributed by atoms with E-state index in [9.17, 15) is 9.59 Å². The predicted octanol–water partition coefficient (Wildman–Crippen LogP) is 5.21. The number of aromatic nitrogens is 1. The lowest BCUT2D eigenvalue weighted by molar-refractivity contribution is -0.134. The van der Waals surface area contributed by atoms with Crippen molar-refractivity contribution in [2.45, 2.75) is 31.2 Å². The van der Waals surface area contributed by atoms with Crippen LogP contribution in [0.2, 0.25) is 5.02 Å². The summed E-state index contributed by atoms with van der Waals surface area (Å²) in [6, 6.07) is 14.4. The number of likely N-dealkylation sites (tertiary alicyclic amines) is 1. The molecule has 0 spiro atoms. The zero-order chi connectivity index (χ0) is 22.5. The monoisotopic (exact) mass is 487 g/mol. The van der Waals surface area contributed by atoms with Crippen LogP contribution < -0.4 is 5.32 Å². The number of carbonyl (C=O) groups excluding carboxylic acids is 2. The van der Waals surface area contributed by atoms with Crippen molar-refractivity contribution in [3.05, 3.63) is 64.1 Å². The average molecular weight is 488 g/mol. The standard InChI is InChI=1S/C24H26ClN3O2S2/c1-31-14-11-19(26-22(29)16-5-3-2-4-6-16)24(30)28-12-9-17(10-13-28)23-27-20-15-18(25)7-8-21(20)32-23/h2-8,15,17,19H,9-14H2,1H3,(H,26,29)/t19-/m0/s1. The first-order valence-corrected chi connectivity index (χ1v) is 13.3. The Balaban J connectivity index is 1.39. The maximum absolute atomic E-state index is 13.3. The molecule has 0 radical (unpaired) electrons. The SMILES string of the molecule is CSCC[C@H](NC(=O)c1ccccc1)C(=O)N1CCC(c2nc3cc(Cl)ccc3s2)CC1. The van der Waals surface area contributed by atoms with Crippen LogP contribution in [0.3, 0.4) is 0 Å². The minimum atomic E-state index is -0.503. The van der Waals surface area contributed by atoms with Gasteiger partial charge in [0.2, 0.25) is 5.91 Å². The maximum atomic E-state index is 13.3. The Morgan fingerprint density at radius 2 is 1.97 bits per heavy atom. The fraction of sp³-hybridized carbons (Fsp3) is 0.375.